The number of nitrogens with zero attached hydrogens (tertiary/aromatic N) is 1. The van der Waals surface area contributed by atoms with Crippen LogP contribution in [0, 0.1) is 0 Å². The Morgan fingerprint density at radius 2 is 1.69 bits per heavy atom. The lowest BCUT2D eigenvalue weighted by molar-refractivity contribution is -0.121. The summed E-state index contributed by atoms with van der Waals surface area (Å²) in [6.07, 6.45) is 0.175. The van der Waals surface area contributed by atoms with E-state index in [1.54, 1.807) is 29.6 Å². The molecule has 1 atom stereocenters. The van der Waals surface area contributed by atoms with E-state index in [2.05, 4.69) is 15.6 Å². The van der Waals surface area contributed by atoms with Gasteiger partial charge in [-0.1, -0.05) is 48.5 Å². The van der Waals surface area contributed by atoms with Crippen LogP contribution in [0.4, 0.5) is 5.13 Å². The quantitative estimate of drug-likeness (QED) is 0.698. The van der Waals surface area contributed by atoms with Gasteiger partial charge in [0.15, 0.2) is 5.13 Å². The molecular weight excluding hydrogens is 346 g/mol. The first-order chi connectivity index (χ1) is 12.6. The largest absolute Gasteiger partial charge is 0.349 e. The van der Waals surface area contributed by atoms with Crippen LogP contribution in [0.25, 0.3) is 0 Å². The molecule has 0 aliphatic heterocycles. The molecule has 0 unspecified atom stereocenters. The van der Waals surface area contributed by atoms with Crippen LogP contribution in [0.5, 0.6) is 0 Å². The Hall–Kier alpha value is -2.99. The molecule has 3 aromatic rings. The monoisotopic (exact) mass is 365 g/mol. The van der Waals surface area contributed by atoms with E-state index in [0.717, 1.165) is 5.56 Å². The molecule has 1 heterocycles. The fourth-order valence-electron chi connectivity index (χ4n) is 2.49. The number of hydrogen-bond acceptors (Lipinski definition) is 4. The lowest BCUT2D eigenvalue weighted by Crippen LogP contribution is -2.28. The Labute approximate surface area is 156 Å². The summed E-state index contributed by atoms with van der Waals surface area (Å²) in [5, 5.41) is 7.98. The summed E-state index contributed by atoms with van der Waals surface area (Å²) in [6.45, 7) is 1.94. The maximum absolute atomic E-state index is 12.2. The summed E-state index contributed by atoms with van der Waals surface area (Å²) in [4.78, 5) is 28.7. The SMILES string of the molecule is C[C@@H](NC(=O)Cc1csc(NC(=O)c2ccccc2)n1)c1ccccc1. The lowest BCUT2D eigenvalue weighted by Gasteiger charge is -2.13. The molecule has 2 aromatic carbocycles. The van der Waals surface area contributed by atoms with Crippen molar-refractivity contribution in [3.8, 4) is 0 Å². The molecule has 2 amide bonds. The Morgan fingerprint density at radius 3 is 2.38 bits per heavy atom. The second-order valence-corrected chi connectivity index (χ2v) is 6.70. The Morgan fingerprint density at radius 1 is 1.04 bits per heavy atom. The first kappa shape index (κ1) is 17.8. The molecule has 0 spiro atoms. The number of aromatic nitrogens is 1. The predicted octanol–water partition coefficient (Wildman–Crippen LogP) is 3.82. The van der Waals surface area contributed by atoms with Gasteiger partial charge in [0.05, 0.1) is 18.2 Å². The van der Waals surface area contributed by atoms with Gasteiger partial charge in [-0.15, -0.1) is 11.3 Å². The van der Waals surface area contributed by atoms with Crippen molar-refractivity contribution in [2.75, 3.05) is 5.32 Å². The van der Waals surface area contributed by atoms with Crippen molar-refractivity contribution < 1.29 is 9.59 Å². The van der Waals surface area contributed by atoms with Crippen LogP contribution in [0.15, 0.2) is 66.0 Å². The number of nitrogens with one attached hydrogen (secondary N) is 2. The zero-order valence-corrected chi connectivity index (χ0v) is 15.1. The van der Waals surface area contributed by atoms with Gasteiger partial charge < -0.3 is 5.32 Å². The number of carbonyl (C=O) groups is 2. The molecule has 6 heteroatoms. The van der Waals surface area contributed by atoms with Gasteiger partial charge in [0, 0.05) is 10.9 Å². The standard InChI is InChI=1S/C20H19N3O2S/c1-14(15-8-4-2-5-9-15)21-18(24)12-17-13-26-20(22-17)23-19(25)16-10-6-3-7-11-16/h2-11,13-14H,12H2,1H3,(H,21,24)(H,22,23,25)/t14-/m1/s1. The molecule has 0 radical (unpaired) electrons. The second kappa shape index (κ2) is 8.40. The van der Waals surface area contributed by atoms with Crippen LogP contribution in [0.3, 0.4) is 0 Å². The fourth-order valence-corrected chi connectivity index (χ4v) is 3.19. The molecule has 132 valence electrons. The van der Waals surface area contributed by atoms with Gasteiger partial charge in [0.1, 0.15) is 0 Å². The summed E-state index contributed by atoms with van der Waals surface area (Å²) in [5.74, 6) is -0.318. The van der Waals surface area contributed by atoms with E-state index in [1.165, 1.54) is 11.3 Å². The Balaban J connectivity index is 1.55. The van der Waals surface area contributed by atoms with Gasteiger partial charge in [-0.05, 0) is 24.6 Å². The zero-order valence-electron chi connectivity index (χ0n) is 14.3. The minimum Gasteiger partial charge on any atom is -0.349 e. The molecule has 0 aliphatic rings. The van der Waals surface area contributed by atoms with Crippen molar-refractivity contribution in [2.24, 2.45) is 0 Å². The highest BCUT2D eigenvalue weighted by Crippen LogP contribution is 2.17. The van der Waals surface area contributed by atoms with Crippen molar-refractivity contribution in [3.05, 3.63) is 82.9 Å². The molecule has 26 heavy (non-hydrogen) atoms. The van der Waals surface area contributed by atoms with E-state index in [1.807, 2.05) is 43.3 Å². The van der Waals surface area contributed by atoms with E-state index in [9.17, 15) is 9.59 Å². The summed E-state index contributed by atoms with van der Waals surface area (Å²) >= 11 is 1.31. The molecule has 0 aliphatic carbocycles. The molecule has 1 aromatic heterocycles. The number of carbonyl (C=O) groups excluding carboxylic acids is 2. The minimum atomic E-state index is -0.214. The molecule has 0 saturated heterocycles. The smallest absolute Gasteiger partial charge is 0.257 e. The number of anilines is 1. The summed E-state index contributed by atoms with van der Waals surface area (Å²) < 4.78 is 0. The van der Waals surface area contributed by atoms with Crippen LogP contribution < -0.4 is 10.6 Å². The van der Waals surface area contributed by atoms with Gasteiger partial charge in [-0.25, -0.2) is 4.98 Å². The lowest BCUT2D eigenvalue weighted by atomic mass is 10.1. The van der Waals surface area contributed by atoms with Crippen LogP contribution in [0.1, 0.15) is 34.6 Å². The highest BCUT2D eigenvalue weighted by atomic mass is 32.1. The van der Waals surface area contributed by atoms with Gasteiger partial charge in [-0.2, -0.15) is 0 Å². The first-order valence-corrected chi connectivity index (χ1v) is 9.15. The van der Waals surface area contributed by atoms with E-state index < -0.39 is 0 Å². The average molecular weight is 365 g/mol. The number of benzene rings is 2. The fraction of sp³-hybridized carbons (Fsp3) is 0.150. The molecule has 0 saturated carbocycles. The second-order valence-electron chi connectivity index (χ2n) is 5.84. The minimum absolute atomic E-state index is 0.0698. The van der Waals surface area contributed by atoms with Crippen molar-refractivity contribution in [3.63, 3.8) is 0 Å². The molecule has 0 fully saturated rings. The van der Waals surface area contributed by atoms with Crippen molar-refractivity contribution in [1.29, 1.82) is 0 Å². The highest BCUT2D eigenvalue weighted by Gasteiger charge is 2.13. The van der Waals surface area contributed by atoms with Crippen molar-refractivity contribution in [1.82, 2.24) is 10.3 Å². The van der Waals surface area contributed by atoms with E-state index in [0.29, 0.717) is 16.4 Å². The molecular formula is C20H19N3O2S. The number of hydrogen-bond donors (Lipinski definition) is 2. The van der Waals surface area contributed by atoms with Gasteiger partial charge in [0.2, 0.25) is 5.91 Å². The Kier molecular flexibility index (Phi) is 5.76. The third-order valence-corrected chi connectivity index (χ3v) is 4.63. The van der Waals surface area contributed by atoms with E-state index in [4.69, 9.17) is 0 Å². The normalized spacial score (nSPS) is 11.6. The first-order valence-electron chi connectivity index (χ1n) is 8.27. The maximum Gasteiger partial charge on any atom is 0.257 e. The third kappa shape index (κ3) is 4.77. The van der Waals surface area contributed by atoms with Crippen molar-refractivity contribution >= 4 is 28.3 Å². The highest BCUT2D eigenvalue weighted by molar-refractivity contribution is 7.14. The summed E-state index contributed by atoms with van der Waals surface area (Å²) in [7, 11) is 0. The van der Waals surface area contributed by atoms with Gasteiger partial charge in [-0.3, -0.25) is 14.9 Å². The molecule has 0 bridgehead atoms. The predicted molar refractivity (Wildman–Crippen MR) is 103 cm³/mol. The van der Waals surface area contributed by atoms with Crippen LogP contribution in [-0.2, 0) is 11.2 Å². The number of thiazole rings is 1. The van der Waals surface area contributed by atoms with Crippen molar-refractivity contribution in [2.45, 2.75) is 19.4 Å². The molecule has 3 rings (SSSR count). The zero-order chi connectivity index (χ0) is 18.4. The topological polar surface area (TPSA) is 71.1 Å². The number of amides is 2. The number of rotatable bonds is 6. The molecule has 2 N–H and O–H groups in total. The summed E-state index contributed by atoms with van der Waals surface area (Å²) in [6, 6.07) is 18.7. The van der Waals surface area contributed by atoms with Crippen LogP contribution in [-0.4, -0.2) is 16.8 Å². The van der Waals surface area contributed by atoms with E-state index >= 15 is 0 Å². The van der Waals surface area contributed by atoms with Crippen LogP contribution >= 0.6 is 11.3 Å². The molecule has 5 nitrogen and oxygen atoms in total. The van der Waals surface area contributed by atoms with E-state index in [-0.39, 0.29) is 24.3 Å². The summed E-state index contributed by atoms with van der Waals surface area (Å²) in [5.41, 5.74) is 2.25. The third-order valence-electron chi connectivity index (χ3n) is 3.83. The maximum atomic E-state index is 12.2. The Bertz CT molecular complexity index is 878. The van der Waals surface area contributed by atoms with Gasteiger partial charge in [0.25, 0.3) is 5.91 Å². The average Bonchev–Trinajstić information content (AvgIpc) is 3.09. The van der Waals surface area contributed by atoms with Gasteiger partial charge >= 0.3 is 0 Å². The van der Waals surface area contributed by atoms with Crippen LogP contribution in [0.2, 0.25) is 0 Å².